The molecule has 1 saturated heterocycles. The topological polar surface area (TPSA) is 42.4 Å². The maximum atomic E-state index is 13.2. The molecule has 1 unspecified atom stereocenters. The quantitative estimate of drug-likeness (QED) is 0.851. The van der Waals surface area contributed by atoms with Crippen LogP contribution >= 0.6 is 0 Å². The summed E-state index contributed by atoms with van der Waals surface area (Å²) in [7, 11) is 1.91. The molecule has 0 N–H and O–H groups in total. The van der Waals surface area contributed by atoms with Gasteiger partial charge in [0.25, 0.3) is 5.91 Å². The average Bonchev–Trinajstić information content (AvgIpc) is 3.31. The van der Waals surface area contributed by atoms with Crippen LogP contribution in [0.4, 0.5) is 0 Å². The first-order chi connectivity index (χ1) is 12.0. The number of nitrogens with zero attached hydrogens (tertiary/aromatic N) is 2. The van der Waals surface area contributed by atoms with Gasteiger partial charge >= 0.3 is 0 Å². The zero-order chi connectivity index (χ0) is 17.6. The Balaban J connectivity index is 1.74. The SMILES string of the molecule is Cc1cc(C)c2nc(C3CC3)cc(C(=O)N(C)CC3CCOC3)c2c1. The van der Waals surface area contributed by atoms with E-state index in [1.807, 2.05) is 18.0 Å². The van der Waals surface area contributed by atoms with Crippen LogP contribution in [0.1, 0.15) is 52.4 Å². The van der Waals surface area contributed by atoms with Gasteiger partial charge in [0.15, 0.2) is 0 Å². The van der Waals surface area contributed by atoms with E-state index in [1.54, 1.807) is 0 Å². The third kappa shape index (κ3) is 3.28. The molecule has 1 amide bonds. The molecule has 4 rings (SSSR count). The molecule has 2 fully saturated rings. The lowest BCUT2D eigenvalue weighted by molar-refractivity contribution is 0.0768. The van der Waals surface area contributed by atoms with E-state index in [-0.39, 0.29) is 5.91 Å². The molecule has 132 valence electrons. The Morgan fingerprint density at radius 3 is 2.72 bits per heavy atom. The number of rotatable bonds is 4. The molecule has 0 spiro atoms. The second-order valence-electron chi connectivity index (χ2n) is 7.76. The Hall–Kier alpha value is -1.94. The van der Waals surface area contributed by atoms with Crippen LogP contribution < -0.4 is 0 Å². The fourth-order valence-corrected chi connectivity index (χ4v) is 3.87. The summed E-state index contributed by atoms with van der Waals surface area (Å²) in [5, 5.41) is 0.987. The third-order valence-electron chi connectivity index (χ3n) is 5.40. The van der Waals surface area contributed by atoms with Gasteiger partial charge < -0.3 is 9.64 Å². The van der Waals surface area contributed by atoms with Crippen molar-refractivity contribution in [2.24, 2.45) is 5.92 Å². The van der Waals surface area contributed by atoms with E-state index in [1.165, 1.54) is 18.4 Å². The van der Waals surface area contributed by atoms with Crippen LogP contribution in [-0.2, 0) is 4.74 Å². The number of hydrogen-bond donors (Lipinski definition) is 0. The maximum absolute atomic E-state index is 13.2. The minimum absolute atomic E-state index is 0.103. The molecule has 1 aromatic heterocycles. The van der Waals surface area contributed by atoms with Crippen molar-refractivity contribution in [3.05, 3.63) is 40.6 Å². The molecule has 25 heavy (non-hydrogen) atoms. The van der Waals surface area contributed by atoms with Crippen LogP contribution in [0, 0.1) is 19.8 Å². The van der Waals surface area contributed by atoms with Gasteiger partial charge in [-0.05, 0) is 50.8 Å². The molecule has 4 nitrogen and oxygen atoms in total. The Morgan fingerprint density at radius 1 is 1.24 bits per heavy atom. The van der Waals surface area contributed by atoms with Gasteiger partial charge in [-0.25, -0.2) is 0 Å². The first-order valence-corrected chi connectivity index (χ1v) is 9.28. The number of ether oxygens (including phenoxy) is 1. The Labute approximate surface area is 149 Å². The number of carbonyl (C=O) groups excluding carboxylic acids is 1. The molecule has 0 radical (unpaired) electrons. The van der Waals surface area contributed by atoms with Crippen LogP contribution in [0.25, 0.3) is 10.9 Å². The molecule has 1 aliphatic carbocycles. The third-order valence-corrected chi connectivity index (χ3v) is 5.40. The summed E-state index contributed by atoms with van der Waals surface area (Å²) < 4.78 is 5.46. The standard InChI is InChI=1S/C21H26N2O2/c1-13-8-14(2)20-17(9-13)18(10-19(22-20)16-4-5-16)21(24)23(3)11-15-6-7-25-12-15/h8-10,15-16H,4-7,11-12H2,1-3H3. The van der Waals surface area contributed by atoms with Crippen LogP contribution in [0.2, 0.25) is 0 Å². The van der Waals surface area contributed by atoms with Crippen LogP contribution in [0.3, 0.4) is 0 Å². The van der Waals surface area contributed by atoms with E-state index in [9.17, 15) is 4.79 Å². The predicted molar refractivity (Wildman–Crippen MR) is 99.1 cm³/mol. The van der Waals surface area contributed by atoms with E-state index >= 15 is 0 Å². The van der Waals surface area contributed by atoms with E-state index in [2.05, 4.69) is 26.0 Å². The van der Waals surface area contributed by atoms with Gasteiger partial charge in [0, 0.05) is 43.1 Å². The lowest BCUT2D eigenvalue weighted by Gasteiger charge is -2.22. The normalized spacial score (nSPS) is 20.2. The number of hydrogen-bond acceptors (Lipinski definition) is 3. The van der Waals surface area contributed by atoms with Crippen molar-refractivity contribution in [1.82, 2.24) is 9.88 Å². The number of fused-ring (bicyclic) bond motifs is 1. The Bertz CT molecular complexity index is 820. The highest BCUT2D eigenvalue weighted by Crippen LogP contribution is 2.40. The van der Waals surface area contributed by atoms with E-state index in [4.69, 9.17) is 9.72 Å². The smallest absolute Gasteiger partial charge is 0.254 e. The molecule has 2 heterocycles. The lowest BCUT2D eigenvalue weighted by Crippen LogP contribution is -2.32. The number of aryl methyl sites for hydroxylation is 2. The predicted octanol–water partition coefficient (Wildman–Crippen LogP) is 3.84. The molecular formula is C21H26N2O2. The molecule has 1 atom stereocenters. The van der Waals surface area contributed by atoms with Gasteiger partial charge in [-0.3, -0.25) is 9.78 Å². The number of benzene rings is 1. The number of amides is 1. The van der Waals surface area contributed by atoms with Crippen molar-refractivity contribution in [1.29, 1.82) is 0 Å². The molecule has 1 saturated carbocycles. The number of aromatic nitrogens is 1. The highest BCUT2D eigenvalue weighted by atomic mass is 16.5. The molecule has 2 aromatic rings. The van der Waals surface area contributed by atoms with Crippen LogP contribution in [0.5, 0.6) is 0 Å². The number of pyridine rings is 1. The Morgan fingerprint density at radius 2 is 2.04 bits per heavy atom. The molecule has 0 bridgehead atoms. The number of carbonyl (C=O) groups is 1. The minimum atomic E-state index is 0.103. The summed E-state index contributed by atoms with van der Waals surface area (Å²) in [5.41, 5.74) is 5.20. The fraction of sp³-hybridized carbons (Fsp3) is 0.524. The van der Waals surface area contributed by atoms with Crippen molar-refractivity contribution < 1.29 is 9.53 Å². The summed E-state index contributed by atoms with van der Waals surface area (Å²) >= 11 is 0. The first-order valence-electron chi connectivity index (χ1n) is 9.28. The van der Waals surface area contributed by atoms with Crippen molar-refractivity contribution >= 4 is 16.8 Å². The van der Waals surface area contributed by atoms with Crippen LogP contribution in [0.15, 0.2) is 18.2 Å². The van der Waals surface area contributed by atoms with Crippen molar-refractivity contribution in [3.8, 4) is 0 Å². The second-order valence-corrected chi connectivity index (χ2v) is 7.76. The van der Waals surface area contributed by atoms with E-state index in [0.29, 0.717) is 11.8 Å². The fourth-order valence-electron chi connectivity index (χ4n) is 3.87. The zero-order valence-corrected chi connectivity index (χ0v) is 15.3. The molecule has 1 aromatic carbocycles. The monoisotopic (exact) mass is 338 g/mol. The highest BCUT2D eigenvalue weighted by molar-refractivity contribution is 6.07. The molecule has 2 aliphatic rings. The first kappa shape index (κ1) is 16.5. The van der Waals surface area contributed by atoms with Crippen molar-refractivity contribution in [2.45, 2.75) is 39.0 Å². The van der Waals surface area contributed by atoms with Gasteiger partial charge in [-0.1, -0.05) is 11.6 Å². The lowest BCUT2D eigenvalue weighted by atomic mass is 9.99. The zero-order valence-electron chi connectivity index (χ0n) is 15.3. The minimum Gasteiger partial charge on any atom is -0.381 e. The summed E-state index contributed by atoms with van der Waals surface area (Å²) in [5.74, 6) is 1.09. The summed E-state index contributed by atoms with van der Waals surface area (Å²) in [6.07, 6.45) is 3.42. The van der Waals surface area contributed by atoms with Gasteiger partial charge in [-0.2, -0.15) is 0 Å². The van der Waals surface area contributed by atoms with Gasteiger partial charge in [0.1, 0.15) is 0 Å². The molecular weight excluding hydrogens is 312 g/mol. The molecule has 4 heteroatoms. The Kier molecular flexibility index (Phi) is 4.24. The van der Waals surface area contributed by atoms with Crippen molar-refractivity contribution in [2.75, 3.05) is 26.8 Å². The average molecular weight is 338 g/mol. The van der Waals surface area contributed by atoms with Gasteiger partial charge in [0.2, 0.25) is 0 Å². The van der Waals surface area contributed by atoms with E-state index < -0.39 is 0 Å². The van der Waals surface area contributed by atoms with Crippen LogP contribution in [-0.4, -0.2) is 42.6 Å². The summed E-state index contributed by atoms with van der Waals surface area (Å²) in [6, 6.07) is 6.30. The highest BCUT2D eigenvalue weighted by Gasteiger charge is 2.28. The summed E-state index contributed by atoms with van der Waals surface area (Å²) in [4.78, 5) is 20.0. The van der Waals surface area contributed by atoms with Gasteiger partial charge in [0.05, 0.1) is 17.7 Å². The molecule has 1 aliphatic heterocycles. The van der Waals surface area contributed by atoms with Crippen molar-refractivity contribution in [3.63, 3.8) is 0 Å². The largest absolute Gasteiger partial charge is 0.381 e. The summed E-state index contributed by atoms with van der Waals surface area (Å²) in [6.45, 7) is 6.50. The maximum Gasteiger partial charge on any atom is 0.254 e. The van der Waals surface area contributed by atoms with E-state index in [0.717, 1.165) is 53.9 Å². The second kappa shape index (κ2) is 6.41. The van der Waals surface area contributed by atoms with Gasteiger partial charge in [-0.15, -0.1) is 0 Å².